The number of sulfonamides is 1. The molecular formula is C13H19FN2O3S. The fourth-order valence-corrected chi connectivity index (χ4v) is 4.04. The average Bonchev–Trinajstić information content (AvgIpc) is 2.46. The third-order valence-electron chi connectivity index (χ3n) is 3.37. The van der Waals surface area contributed by atoms with Crippen molar-refractivity contribution >= 4 is 10.0 Å². The Balaban J connectivity index is 2.28. The average molecular weight is 302 g/mol. The van der Waals surface area contributed by atoms with Crippen molar-refractivity contribution in [1.29, 1.82) is 0 Å². The SMILES string of the molecule is NCCN(C1CCOCC1)S(=O)(=O)c1ccc(F)cc1. The monoisotopic (exact) mass is 302 g/mol. The van der Waals surface area contributed by atoms with E-state index in [1.54, 1.807) is 0 Å². The maximum absolute atomic E-state index is 12.9. The lowest BCUT2D eigenvalue weighted by Gasteiger charge is -2.33. The summed E-state index contributed by atoms with van der Waals surface area (Å²) in [6, 6.07) is 4.76. The molecule has 2 rings (SSSR count). The van der Waals surface area contributed by atoms with Gasteiger partial charge in [0, 0.05) is 32.3 Å². The van der Waals surface area contributed by atoms with Crippen LogP contribution < -0.4 is 5.73 Å². The summed E-state index contributed by atoms with van der Waals surface area (Å²) in [5.41, 5.74) is 5.54. The topological polar surface area (TPSA) is 72.6 Å². The number of benzene rings is 1. The highest BCUT2D eigenvalue weighted by molar-refractivity contribution is 7.89. The molecule has 1 aromatic carbocycles. The van der Waals surface area contributed by atoms with Gasteiger partial charge in [-0.1, -0.05) is 0 Å². The molecule has 1 heterocycles. The smallest absolute Gasteiger partial charge is 0.243 e. The number of nitrogens with two attached hydrogens (primary N) is 1. The van der Waals surface area contributed by atoms with Crippen LogP contribution >= 0.6 is 0 Å². The molecule has 0 bridgehead atoms. The van der Waals surface area contributed by atoms with Crippen molar-refractivity contribution in [3.05, 3.63) is 30.1 Å². The minimum Gasteiger partial charge on any atom is -0.381 e. The second-order valence-electron chi connectivity index (χ2n) is 4.70. The molecule has 0 radical (unpaired) electrons. The summed E-state index contributed by atoms with van der Waals surface area (Å²) >= 11 is 0. The van der Waals surface area contributed by atoms with Gasteiger partial charge < -0.3 is 10.5 Å². The zero-order valence-corrected chi connectivity index (χ0v) is 12.0. The summed E-state index contributed by atoms with van der Waals surface area (Å²) in [6.07, 6.45) is 1.31. The molecule has 1 fully saturated rings. The summed E-state index contributed by atoms with van der Waals surface area (Å²) in [5.74, 6) is -0.458. The Kier molecular flexibility index (Phi) is 5.09. The van der Waals surface area contributed by atoms with E-state index in [0.29, 0.717) is 26.1 Å². The quantitative estimate of drug-likeness (QED) is 0.879. The molecule has 0 aliphatic carbocycles. The third kappa shape index (κ3) is 3.35. The third-order valence-corrected chi connectivity index (χ3v) is 5.33. The van der Waals surface area contributed by atoms with Crippen molar-refractivity contribution in [2.75, 3.05) is 26.3 Å². The second kappa shape index (κ2) is 6.62. The molecule has 1 saturated heterocycles. The van der Waals surface area contributed by atoms with Gasteiger partial charge in [-0.05, 0) is 37.1 Å². The normalized spacial score (nSPS) is 17.6. The molecule has 0 unspecified atom stereocenters. The molecule has 0 aromatic heterocycles. The van der Waals surface area contributed by atoms with E-state index < -0.39 is 15.8 Å². The van der Waals surface area contributed by atoms with Gasteiger partial charge in [-0.2, -0.15) is 4.31 Å². The predicted octanol–water partition coefficient (Wildman–Crippen LogP) is 0.954. The van der Waals surface area contributed by atoms with Crippen LogP contribution in [-0.4, -0.2) is 45.1 Å². The van der Waals surface area contributed by atoms with Crippen LogP contribution in [0.2, 0.25) is 0 Å². The first-order valence-corrected chi connectivity index (χ1v) is 8.05. The van der Waals surface area contributed by atoms with E-state index in [9.17, 15) is 12.8 Å². The van der Waals surface area contributed by atoms with Crippen LogP contribution in [0.3, 0.4) is 0 Å². The summed E-state index contributed by atoms with van der Waals surface area (Å²) in [6.45, 7) is 1.59. The molecule has 112 valence electrons. The number of ether oxygens (including phenoxy) is 1. The highest BCUT2D eigenvalue weighted by Crippen LogP contribution is 2.23. The van der Waals surface area contributed by atoms with Crippen LogP contribution in [-0.2, 0) is 14.8 Å². The molecule has 0 saturated carbocycles. The van der Waals surface area contributed by atoms with Gasteiger partial charge >= 0.3 is 0 Å². The first-order valence-electron chi connectivity index (χ1n) is 6.61. The van der Waals surface area contributed by atoms with E-state index in [1.165, 1.54) is 16.4 Å². The molecule has 7 heteroatoms. The summed E-state index contributed by atoms with van der Waals surface area (Å²) in [7, 11) is -3.65. The predicted molar refractivity (Wildman–Crippen MR) is 73.2 cm³/mol. The fourth-order valence-electron chi connectivity index (χ4n) is 2.34. The van der Waals surface area contributed by atoms with Gasteiger partial charge in [-0.25, -0.2) is 12.8 Å². The lowest BCUT2D eigenvalue weighted by Crippen LogP contribution is -2.45. The second-order valence-corrected chi connectivity index (χ2v) is 6.59. The van der Waals surface area contributed by atoms with Crippen molar-refractivity contribution in [2.45, 2.75) is 23.8 Å². The maximum atomic E-state index is 12.9. The lowest BCUT2D eigenvalue weighted by atomic mass is 10.1. The largest absolute Gasteiger partial charge is 0.381 e. The van der Waals surface area contributed by atoms with Crippen LogP contribution in [0.25, 0.3) is 0 Å². The zero-order valence-electron chi connectivity index (χ0n) is 11.2. The molecular weight excluding hydrogens is 283 g/mol. The van der Waals surface area contributed by atoms with Crippen molar-refractivity contribution in [1.82, 2.24) is 4.31 Å². The minimum atomic E-state index is -3.65. The molecule has 0 atom stereocenters. The van der Waals surface area contributed by atoms with Gasteiger partial charge in [-0.3, -0.25) is 0 Å². The molecule has 0 spiro atoms. The van der Waals surface area contributed by atoms with Gasteiger partial charge in [0.15, 0.2) is 0 Å². The molecule has 2 N–H and O–H groups in total. The first-order chi connectivity index (χ1) is 9.55. The maximum Gasteiger partial charge on any atom is 0.243 e. The van der Waals surface area contributed by atoms with Gasteiger partial charge in [-0.15, -0.1) is 0 Å². The van der Waals surface area contributed by atoms with Crippen molar-refractivity contribution in [3.63, 3.8) is 0 Å². The molecule has 1 aromatic rings. The Morgan fingerprint density at radius 2 is 1.85 bits per heavy atom. The zero-order chi connectivity index (χ0) is 14.6. The van der Waals surface area contributed by atoms with E-state index in [2.05, 4.69) is 0 Å². The first kappa shape index (κ1) is 15.4. The molecule has 20 heavy (non-hydrogen) atoms. The molecule has 0 amide bonds. The van der Waals surface area contributed by atoms with E-state index in [4.69, 9.17) is 10.5 Å². The van der Waals surface area contributed by atoms with Crippen molar-refractivity contribution < 1.29 is 17.5 Å². The Labute approximate surface area is 118 Å². The highest BCUT2D eigenvalue weighted by atomic mass is 32.2. The summed E-state index contributed by atoms with van der Waals surface area (Å²) in [4.78, 5) is 0.0961. The number of halogens is 1. The van der Waals surface area contributed by atoms with Gasteiger partial charge in [0.05, 0.1) is 4.90 Å². The van der Waals surface area contributed by atoms with E-state index in [0.717, 1.165) is 12.1 Å². The fraction of sp³-hybridized carbons (Fsp3) is 0.538. The minimum absolute atomic E-state index is 0.0961. The summed E-state index contributed by atoms with van der Waals surface area (Å²) in [5, 5.41) is 0. The highest BCUT2D eigenvalue weighted by Gasteiger charge is 2.31. The van der Waals surface area contributed by atoms with Crippen LogP contribution in [0.1, 0.15) is 12.8 Å². The van der Waals surface area contributed by atoms with Crippen molar-refractivity contribution in [2.24, 2.45) is 5.73 Å². The molecule has 1 aliphatic rings. The van der Waals surface area contributed by atoms with Gasteiger partial charge in [0.25, 0.3) is 0 Å². The van der Waals surface area contributed by atoms with E-state index >= 15 is 0 Å². The van der Waals surface area contributed by atoms with Crippen LogP contribution in [0.15, 0.2) is 29.2 Å². The van der Waals surface area contributed by atoms with Crippen LogP contribution in [0, 0.1) is 5.82 Å². The number of rotatable bonds is 5. The Hall–Kier alpha value is -1.02. The van der Waals surface area contributed by atoms with E-state index in [-0.39, 0.29) is 24.0 Å². The summed E-state index contributed by atoms with van der Waals surface area (Å²) < 4.78 is 44.9. The van der Waals surface area contributed by atoms with Crippen LogP contribution in [0.4, 0.5) is 4.39 Å². The van der Waals surface area contributed by atoms with Gasteiger partial charge in [0.2, 0.25) is 10.0 Å². The van der Waals surface area contributed by atoms with Crippen LogP contribution in [0.5, 0.6) is 0 Å². The van der Waals surface area contributed by atoms with E-state index in [1.807, 2.05) is 0 Å². The standard InChI is InChI=1S/C13H19FN2O3S/c14-11-1-3-13(4-2-11)20(17,18)16(8-7-15)12-5-9-19-10-6-12/h1-4,12H,5-10,15H2. The Morgan fingerprint density at radius 1 is 1.25 bits per heavy atom. The van der Waals surface area contributed by atoms with Crippen molar-refractivity contribution in [3.8, 4) is 0 Å². The molecule has 5 nitrogen and oxygen atoms in total. The Bertz CT molecular complexity index is 527. The number of hydrogen-bond donors (Lipinski definition) is 1. The Morgan fingerprint density at radius 3 is 2.40 bits per heavy atom. The molecule has 1 aliphatic heterocycles. The van der Waals surface area contributed by atoms with Gasteiger partial charge in [0.1, 0.15) is 5.82 Å². The number of nitrogens with zero attached hydrogens (tertiary/aromatic N) is 1. The number of hydrogen-bond acceptors (Lipinski definition) is 4. The lowest BCUT2D eigenvalue weighted by molar-refractivity contribution is 0.0590.